The van der Waals surface area contributed by atoms with Crippen LogP contribution in [0.25, 0.3) is 5.82 Å². The quantitative estimate of drug-likeness (QED) is 0.186. The maximum atomic E-state index is 13.2. The highest BCUT2D eigenvalue weighted by molar-refractivity contribution is 6.23. The molecular formula is C39H35N7O6. The van der Waals surface area contributed by atoms with Crippen molar-refractivity contribution in [2.75, 3.05) is 5.32 Å². The number of hydrogen-bond acceptors (Lipinski definition) is 10. The molecule has 0 spiro atoms. The Hall–Kier alpha value is -6.37. The molecule has 3 aliphatic rings. The van der Waals surface area contributed by atoms with Crippen molar-refractivity contribution in [2.24, 2.45) is 0 Å². The van der Waals surface area contributed by atoms with Crippen LogP contribution in [0.3, 0.4) is 0 Å². The van der Waals surface area contributed by atoms with Gasteiger partial charge in [-0.3, -0.25) is 29.4 Å². The van der Waals surface area contributed by atoms with Gasteiger partial charge >= 0.3 is 0 Å². The normalized spacial score (nSPS) is 19.9. The highest BCUT2D eigenvalue weighted by Gasteiger charge is 2.45. The number of aromatic nitrogens is 4. The highest BCUT2D eigenvalue weighted by atomic mass is 16.5. The first-order valence-corrected chi connectivity index (χ1v) is 17.1. The average Bonchev–Trinajstić information content (AvgIpc) is 3.77. The smallest absolute Gasteiger partial charge is 0.262 e. The number of anilines is 1. The molecule has 1 saturated carbocycles. The van der Waals surface area contributed by atoms with Gasteiger partial charge in [0.25, 0.3) is 11.8 Å². The number of pyridine rings is 1. The first kappa shape index (κ1) is 32.8. The van der Waals surface area contributed by atoms with Crippen molar-refractivity contribution >= 4 is 29.3 Å². The Labute approximate surface area is 298 Å². The third-order valence-corrected chi connectivity index (χ3v) is 10.1. The lowest BCUT2D eigenvalue weighted by Gasteiger charge is -2.38. The number of nitrogens with zero attached hydrogens (tertiary/aromatic N) is 5. The Morgan fingerprint density at radius 3 is 2.15 bits per heavy atom. The molecule has 1 aliphatic carbocycles. The second-order valence-corrected chi connectivity index (χ2v) is 13.7. The van der Waals surface area contributed by atoms with Crippen molar-refractivity contribution in [1.29, 1.82) is 0 Å². The molecule has 2 fully saturated rings. The molecule has 3 aromatic carbocycles. The van der Waals surface area contributed by atoms with Crippen LogP contribution in [-0.4, -0.2) is 66.7 Å². The predicted molar refractivity (Wildman–Crippen MR) is 188 cm³/mol. The fourth-order valence-corrected chi connectivity index (χ4v) is 6.82. The van der Waals surface area contributed by atoms with E-state index in [1.165, 1.54) is 0 Å². The highest BCUT2D eigenvalue weighted by Crippen LogP contribution is 2.36. The standard InChI is InChI=1S/C39H35N7O6/c1-39(2,23-3-8-26(9-4-23)51-28-12-17-34(40-22-28)45-20-19-41-44-45)24-5-10-27(11-6-24)52-33-16-14-31(33)42-25-7-13-29-30(21-25)38(50)46(37(29)49)32-15-18-35(47)43-36(32)48/h3-13,17,19-22,31-33,42H,14-16,18H2,1-2H3,(H,43,47,48)/t31-,32?,33-/m1/s1. The average molecular weight is 698 g/mol. The number of ether oxygens (including phenoxy) is 2. The minimum atomic E-state index is -0.997. The number of carbonyl (C=O) groups excluding carboxylic acids is 4. The van der Waals surface area contributed by atoms with E-state index in [0.29, 0.717) is 23.0 Å². The van der Waals surface area contributed by atoms with Crippen molar-refractivity contribution in [2.45, 2.75) is 63.1 Å². The van der Waals surface area contributed by atoms with E-state index in [1.807, 2.05) is 36.4 Å². The molecule has 4 heterocycles. The fourth-order valence-electron chi connectivity index (χ4n) is 6.82. The fraction of sp³-hybridized carbons (Fsp3) is 0.256. The van der Waals surface area contributed by atoms with Gasteiger partial charge in [0.1, 0.15) is 29.4 Å². The monoisotopic (exact) mass is 697 g/mol. The number of nitrogens with one attached hydrogen (secondary N) is 2. The molecule has 4 amide bonds. The van der Waals surface area contributed by atoms with Crippen molar-refractivity contribution in [1.82, 2.24) is 30.2 Å². The summed E-state index contributed by atoms with van der Waals surface area (Å²) in [7, 11) is 0. The van der Waals surface area contributed by atoms with E-state index in [1.54, 1.807) is 41.5 Å². The second kappa shape index (κ2) is 13.1. The minimum absolute atomic E-state index is 0.00996. The van der Waals surface area contributed by atoms with Crippen LogP contribution in [0.5, 0.6) is 17.2 Å². The summed E-state index contributed by atoms with van der Waals surface area (Å²) < 4.78 is 14.0. The lowest BCUT2D eigenvalue weighted by molar-refractivity contribution is -0.136. The van der Waals surface area contributed by atoms with Crippen LogP contribution in [0, 0.1) is 0 Å². The zero-order chi connectivity index (χ0) is 36.0. The van der Waals surface area contributed by atoms with E-state index >= 15 is 0 Å². The van der Waals surface area contributed by atoms with Crippen molar-refractivity contribution in [3.63, 3.8) is 0 Å². The summed E-state index contributed by atoms with van der Waals surface area (Å²) in [5.41, 5.74) is 3.16. The molecule has 2 aliphatic heterocycles. The molecule has 13 heteroatoms. The SMILES string of the molecule is CC(C)(c1ccc(Oc2ccc(-n3ccnn3)nc2)cc1)c1ccc(O[C@@H]2CC[C@H]2Nc2ccc3c(c2)C(=O)N(C2CCC(=O)NC2=O)C3=O)cc1. The van der Waals surface area contributed by atoms with E-state index < -0.39 is 29.7 Å². The van der Waals surface area contributed by atoms with Gasteiger partial charge in [-0.15, -0.1) is 5.10 Å². The summed E-state index contributed by atoms with van der Waals surface area (Å²) in [5.74, 6) is 0.647. The van der Waals surface area contributed by atoms with Crippen LogP contribution in [0.15, 0.2) is 97.5 Å². The van der Waals surface area contributed by atoms with Gasteiger partial charge in [-0.1, -0.05) is 43.3 Å². The molecular weight excluding hydrogens is 662 g/mol. The van der Waals surface area contributed by atoms with E-state index in [-0.39, 0.29) is 41.5 Å². The molecule has 2 aromatic heterocycles. The van der Waals surface area contributed by atoms with Gasteiger partial charge in [0, 0.05) is 17.5 Å². The number of carbonyl (C=O) groups is 4. The van der Waals surface area contributed by atoms with Gasteiger partial charge in [-0.25, -0.2) is 9.67 Å². The predicted octanol–water partition coefficient (Wildman–Crippen LogP) is 5.20. The Morgan fingerprint density at radius 2 is 1.52 bits per heavy atom. The summed E-state index contributed by atoms with van der Waals surface area (Å²) in [6.07, 6.45) is 6.84. The zero-order valence-corrected chi connectivity index (χ0v) is 28.5. The topological polar surface area (TPSA) is 158 Å². The van der Waals surface area contributed by atoms with E-state index in [9.17, 15) is 19.2 Å². The summed E-state index contributed by atoms with van der Waals surface area (Å²) in [6, 6.07) is 23.9. The van der Waals surface area contributed by atoms with Gasteiger partial charge in [-0.2, -0.15) is 0 Å². The van der Waals surface area contributed by atoms with Gasteiger partial charge < -0.3 is 14.8 Å². The van der Waals surface area contributed by atoms with Crippen LogP contribution in [0.2, 0.25) is 0 Å². The van der Waals surface area contributed by atoms with E-state index in [4.69, 9.17) is 9.47 Å². The molecule has 2 N–H and O–H groups in total. The number of amides is 4. The van der Waals surface area contributed by atoms with E-state index in [2.05, 4.69) is 64.0 Å². The number of hydrogen-bond donors (Lipinski definition) is 2. The van der Waals surface area contributed by atoms with Crippen LogP contribution < -0.4 is 20.1 Å². The summed E-state index contributed by atoms with van der Waals surface area (Å²) >= 11 is 0. The van der Waals surface area contributed by atoms with Crippen LogP contribution in [0.4, 0.5) is 5.69 Å². The minimum Gasteiger partial charge on any atom is -0.488 e. The molecule has 3 atom stereocenters. The Balaban J connectivity index is 0.872. The molecule has 1 unspecified atom stereocenters. The molecule has 52 heavy (non-hydrogen) atoms. The van der Waals surface area contributed by atoms with E-state index in [0.717, 1.165) is 34.6 Å². The Kier molecular flexibility index (Phi) is 8.25. The van der Waals surface area contributed by atoms with Gasteiger partial charge in [0.2, 0.25) is 11.8 Å². The summed E-state index contributed by atoms with van der Waals surface area (Å²) in [4.78, 5) is 55.6. The maximum absolute atomic E-state index is 13.2. The first-order chi connectivity index (χ1) is 25.1. The third-order valence-electron chi connectivity index (χ3n) is 10.1. The Morgan fingerprint density at radius 1 is 0.808 bits per heavy atom. The summed E-state index contributed by atoms with van der Waals surface area (Å²) in [6.45, 7) is 4.35. The van der Waals surface area contributed by atoms with Crippen molar-refractivity contribution in [3.8, 4) is 23.1 Å². The van der Waals surface area contributed by atoms with Crippen LogP contribution >= 0.6 is 0 Å². The Bertz CT molecular complexity index is 2170. The molecule has 0 radical (unpaired) electrons. The number of fused-ring (bicyclic) bond motifs is 1. The lowest BCUT2D eigenvalue weighted by atomic mass is 9.78. The van der Waals surface area contributed by atoms with Crippen LogP contribution in [0.1, 0.15) is 71.4 Å². The van der Waals surface area contributed by atoms with Gasteiger partial charge in [0.05, 0.1) is 35.8 Å². The molecule has 1 saturated heterocycles. The summed E-state index contributed by atoms with van der Waals surface area (Å²) in [5, 5.41) is 13.4. The maximum Gasteiger partial charge on any atom is 0.262 e. The molecule has 5 aromatic rings. The third kappa shape index (κ3) is 6.14. The van der Waals surface area contributed by atoms with Gasteiger partial charge in [0.15, 0.2) is 5.82 Å². The number of piperidine rings is 1. The molecule has 8 rings (SSSR count). The van der Waals surface area contributed by atoms with Crippen molar-refractivity contribution < 1.29 is 28.7 Å². The zero-order valence-electron chi connectivity index (χ0n) is 28.5. The second-order valence-electron chi connectivity index (χ2n) is 13.7. The molecule has 0 bridgehead atoms. The van der Waals surface area contributed by atoms with Crippen LogP contribution in [-0.2, 0) is 15.0 Å². The molecule has 262 valence electrons. The lowest BCUT2D eigenvalue weighted by Crippen LogP contribution is -2.54. The van der Waals surface area contributed by atoms with Gasteiger partial charge in [-0.05, 0) is 85.0 Å². The number of rotatable bonds is 10. The number of benzene rings is 3. The molecule has 13 nitrogen and oxygen atoms in total. The first-order valence-electron chi connectivity index (χ1n) is 17.1. The largest absolute Gasteiger partial charge is 0.488 e. The van der Waals surface area contributed by atoms with Crippen molar-refractivity contribution in [3.05, 3.63) is 120 Å². The number of imide groups is 2.